The van der Waals surface area contributed by atoms with Gasteiger partial charge in [0.2, 0.25) is 0 Å². The van der Waals surface area contributed by atoms with Crippen LogP contribution in [0.5, 0.6) is 5.75 Å². The number of amides is 1. The molecule has 24 heavy (non-hydrogen) atoms. The van der Waals surface area contributed by atoms with Crippen molar-refractivity contribution in [1.29, 1.82) is 0 Å². The molecule has 1 heterocycles. The Morgan fingerprint density at radius 2 is 1.75 bits per heavy atom. The predicted octanol–water partition coefficient (Wildman–Crippen LogP) is 4.46. The lowest BCUT2D eigenvalue weighted by Crippen LogP contribution is -2.29. The molecular weight excluding hydrogens is 368 g/mol. The van der Waals surface area contributed by atoms with Crippen LogP contribution >= 0.6 is 15.9 Å². The van der Waals surface area contributed by atoms with Gasteiger partial charge in [-0.2, -0.15) is 0 Å². The number of ether oxygens (including phenoxy) is 1. The van der Waals surface area contributed by atoms with E-state index in [4.69, 9.17) is 4.74 Å². The van der Waals surface area contributed by atoms with Crippen LogP contribution in [0.3, 0.4) is 0 Å². The molecule has 0 saturated carbocycles. The van der Waals surface area contributed by atoms with E-state index in [9.17, 15) is 4.79 Å². The van der Waals surface area contributed by atoms with Gasteiger partial charge in [-0.05, 0) is 71.6 Å². The third kappa shape index (κ3) is 4.51. The number of anilines is 2. The third-order valence-corrected chi connectivity index (χ3v) is 4.72. The van der Waals surface area contributed by atoms with Crippen molar-refractivity contribution in [2.24, 2.45) is 0 Å². The molecule has 2 aromatic carbocycles. The highest BCUT2D eigenvalue weighted by Crippen LogP contribution is 2.24. The zero-order chi connectivity index (χ0) is 16.8. The molecule has 2 aromatic rings. The van der Waals surface area contributed by atoms with Gasteiger partial charge in [0.25, 0.3) is 5.91 Å². The number of hydrogen-bond acceptors (Lipinski definition) is 3. The average molecular weight is 389 g/mol. The molecule has 1 fully saturated rings. The van der Waals surface area contributed by atoms with Crippen LogP contribution in [0.1, 0.15) is 19.3 Å². The van der Waals surface area contributed by atoms with Crippen LogP contribution in [-0.2, 0) is 4.79 Å². The second-order valence-corrected chi connectivity index (χ2v) is 6.72. The molecule has 0 atom stereocenters. The quantitative estimate of drug-likeness (QED) is 0.821. The van der Waals surface area contributed by atoms with Crippen LogP contribution in [0.15, 0.2) is 53.0 Å². The van der Waals surface area contributed by atoms with Crippen LogP contribution in [0.2, 0.25) is 0 Å². The van der Waals surface area contributed by atoms with Gasteiger partial charge in [0, 0.05) is 24.5 Å². The van der Waals surface area contributed by atoms with Crippen molar-refractivity contribution in [2.45, 2.75) is 19.3 Å². The monoisotopic (exact) mass is 388 g/mol. The van der Waals surface area contributed by atoms with Crippen LogP contribution in [0.25, 0.3) is 0 Å². The maximum Gasteiger partial charge on any atom is 0.262 e. The summed E-state index contributed by atoms with van der Waals surface area (Å²) in [6.45, 7) is 2.22. The highest BCUT2D eigenvalue weighted by molar-refractivity contribution is 9.10. The minimum atomic E-state index is -0.170. The lowest BCUT2D eigenvalue weighted by molar-refractivity contribution is -0.118. The molecule has 0 aromatic heterocycles. The number of benzene rings is 2. The van der Waals surface area contributed by atoms with Crippen molar-refractivity contribution in [3.05, 3.63) is 53.0 Å². The minimum Gasteiger partial charge on any atom is -0.483 e. The van der Waals surface area contributed by atoms with E-state index in [1.54, 1.807) is 0 Å². The van der Waals surface area contributed by atoms with Gasteiger partial charge >= 0.3 is 0 Å². The predicted molar refractivity (Wildman–Crippen MR) is 101 cm³/mol. The lowest BCUT2D eigenvalue weighted by Gasteiger charge is -2.28. The fourth-order valence-electron chi connectivity index (χ4n) is 2.81. The summed E-state index contributed by atoms with van der Waals surface area (Å²) in [5.41, 5.74) is 2.01. The number of carbonyl (C=O) groups excluding carboxylic acids is 1. The average Bonchev–Trinajstić information content (AvgIpc) is 2.62. The Bertz CT molecular complexity index is 682. The topological polar surface area (TPSA) is 41.6 Å². The molecule has 1 N–H and O–H groups in total. The van der Waals surface area contributed by atoms with Gasteiger partial charge < -0.3 is 15.0 Å². The standard InChI is InChI=1S/C19H21BrN2O2/c20-17-6-2-3-7-18(17)24-14-19(23)21-15-8-10-16(11-9-15)22-12-4-1-5-13-22/h2-3,6-11H,1,4-5,12-14H2,(H,21,23). The molecular formula is C19H21BrN2O2. The molecule has 1 amide bonds. The van der Waals surface area contributed by atoms with Crippen LogP contribution in [-0.4, -0.2) is 25.6 Å². The molecule has 0 bridgehead atoms. The summed E-state index contributed by atoms with van der Waals surface area (Å²) in [6, 6.07) is 15.5. The number of halogens is 1. The molecule has 0 unspecified atom stereocenters. The summed E-state index contributed by atoms with van der Waals surface area (Å²) < 4.78 is 6.36. The van der Waals surface area contributed by atoms with E-state index >= 15 is 0 Å². The van der Waals surface area contributed by atoms with Gasteiger partial charge in [-0.15, -0.1) is 0 Å². The third-order valence-electron chi connectivity index (χ3n) is 4.07. The summed E-state index contributed by atoms with van der Waals surface area (Å²) in [5.74, 6) is 0.490. The summed E-state index contributed by atoms with van der Waals surface area (Å²) in [5, 5.41) is 2.86. The molecule has 0 aliphatic carbocycles. The Morgan fingerprint density at radius 1 is 1.04 bits per heavy atom. The van der Waals surface area contributed by atoms with Crippen molar-refractivity contribution in [3.63, 3.8) is 0 Å². The molecule has 0 radical (unpaired) electrons. The highest BCUT2D eigenvalue weighted by atomic mass is 79.9. The first-order chi connectivity index (χ1) is 11.7. The molecule has 1 aliphatic rings. The first-order valence-corrected chi connectivity index (χ1v) is 9.04. The van der Waals surface area contributed by atoms with Crippen molar-refractivity contribution in [3.8, 4) is 5.75 Å². The lowest BCUT2D eigenvalue weighted by atomic mass is 10.1. The fraction of sp³-hybridized carbons (Fsp3) is 0.316. The van der Waals surface area contributed by atoms with Crippen molar-refractivity contribution < 1.29 is 9.53 Å². The second-order valence-electron chi connectivity index (χ2n) is 5.86. The number of hydrogen-bond donors (Lipinski definition) is 1. The van der Waals surface area contributed by atoms with Gasteiger partial charge in [0.15, 0.2) is 6.61 Å². The summed E-state index contributed by atoms with van der Waals surface area (Å²) in [6.07, 6.45) is 3.83. The highest BCUT2D eigenvalue weighted by Gasteiger charge is 2.11. The maximum absolute atomic E-state index is 12.0. The van der Waals surface area contributed by atoms with Gasteiger partial charge in [-0.3, -0.25) is 4.79 Å². The van der Waals surface area contributed by atoms with E-state index < -0.39 is 0 Å². The normalized spacial score (nSPS) is 14.3. The van der Waals surface area contributed by atoms with E-state index in [1.165, 1.54) is 24.9 Å². The Morgan fingerprint density at radius 3 is 2.46 bits per heavy atom. The van der Waals surface area contributed by atoms with Gasteiger partial charge in [0.1, 0.15) is 5.75 Å². The summed E-state index contributed by atoms with van der Waals surface area (Å²) in [7, 11) is 0. The Hall–Kier alpha value is -2.01. The van der Waals surface area contributed by atoms with Crippen molar-refractivity contribution in [2.75, 3.05) is 29.9 Å². The maximum atomic E-state index is 12.0. The Labute approximate surface area is 150 Å². The minimum absolute atomic E-state index is 0.0174. The number of piperidine rings is 1. The zero-order valence-electron chi connectivity index (χ0n) is 13.5. The summed E-state index contributed by atoms with van der Waals surface area (Å²) >= 11 is 3.40. The molecule has 4 nitrogen and oxygen atoms in total. The number of para-hydroxylation sites is 1. The first-order valence-electron chi connectivity index (χ1n) is 8.24. The number of carbonyl (C=O) groups is 1. The van der Waals surface area contributed by atoms with Gasteiger partial charge in [0.05, 0.1) is 4.47 Å². The zero-order valence-corrected chi connectivity index (χ0v) is 15.1. The van der Waals surface area contributed by atoms with E-state index in [1.807, 2.05) is 36.4 Å². The van der Waals surface area contributed by atoms with Crippen LogP contribution < -0.4 is 15.0 Å². The largest absolute Gasteiger partial charge is 0.483 e. The van der Waals surface area contributed by atoms with Gasteiger partial charge in [-0.25, -0.2) is 0 Å². The first kappa shape index (κ1) is 16.8. The number of nitrogens with one attached hydrogen (secondary N) is 1. The van der Waals surface area contributed by atoms with E-state index in [0.29, 0.717) is 5.75 Å². The SMILES string of the molecule is O=C(COc1ccccc1Br)Nc1ccc(N2CCCCC2)cc1. The van der Waals surface area contributed by atoms with Crippen molar-refractivity contribution in [1.82, 2.24) is 0 Å². The molecule has 0 spiro atoms. The van der Waals surface area contributed by atoms with Crippen molar-refractivity contribution >= 4 is 33.2 Å². The Kier molecular flexibility index (Phi) is 5.75. The molecule has 5 heteroatoms. The van der Waals surface area contributed by atoms with E-state index in [0.717, 1.165) is 23.2 Å². The van der Waals surface area contributed by atoms with Gasteiger partial charge in [-0.1, -0.05) is 12.1 Å². The smallest absolute Gasteiger partial charge is 0.262 e. The molecule has 126 valence electrons. The van der Waals surface area contributed by atoms with E-state index in [2.05, 4.69) is 38.3 Å². The Balaban J connectivity index is 1.52. The summed E-state index contributed by atoms with van der Waals surface area (Å²) in [4.78, 5) is 14.4. The number of nitrogens with zero attached hydrogens (tertiary/aromatic N) is 1. The molecule has 3 rings (SSSR count). The van der Waals surface area contributed by atoms with Crippen LogP contribution in [0.4, 0.5) is 11.4 Å². The molecule has 1 aliphatic heterocycles. The van der Waals surface area contributed by atoms with Crippen LogP contribution in [0, 0.1) is 0 Å². The second kappa shape index (κ2) is 8.20. The fourth-order valence-corrected chi connectivity index (χ4v) is 3.21. The molecule has 1 saturated heterocycles. The van der Waals surface area contributed by atoms with E-state index in [-0.39, 0.29) is 12.5 Å². The number of rotatable bonds is 5.